The summed E-state index contributed by atoms with van der Waals surface area (Å²) < 4.78 is 0. The zero-order chi connectivity index (χ0) is 13.8. The fraction of sp³-hybridized carbons (Fsp3) is 1.00. The van der Waals surface area contributed by atoms with Gasteiger partial charge in [0.1, 0.15) is 0 Å². The molecule has 1 saturated carbocycles. The van der Waals surface area contributed by atoms with Gasteiger partial charge in [-0.15, -0.1) is 0 Å². The van der Waals surface area contributed by atoms with Crippen LogP contribution in [0.5, 0.6) is 0 Å². The molecule has 0 amide bonds. The van der Waals surface area contributed by atoms with Crippen LogP contribution in [0.4, 0.5) is 0 Å². The van der Waals surface area contributed by atoms with Gasteiger partial charge in [-0.2, -0.15) is 0 Å². The molecular formula is C18H34N2. The second kappa shape index (κ2) is 7.26. The van der Waals surface area contributed by atoms with Gasteiger partial charge in [0.25, 0.3) is 0 Å². The Morgan fingerprint density at radius 2 is 1.80 bits per heavy atom. The van der Waals surface area contributed by atoms with Crippen molar-refractivity contribution in [2.75, 3.05) is 19.6 Å². The summed E-state index contributed by atoms with van der Waals surface area (Å²) in [5, 5.41) is 4.01. The van der Waals surface area contributed by atoms with Crippen LogP contribution < -0.4 is 5.32 Å². The first-order valence-electron chi connectivity index (χ1n) is 9.33. The average molecular weight is 278 g/mol. The maximum Gasteiger partial charge on any atom is 0.0197 e. The van der Waals surface area contributed by atoms with Crippen LogP contribution in [0.15, 0.2) is 0 Å². The van der Waals surface area contributed by atoms with Crippen molar-refractivity contribution >= 4 is 0 Å². The van der Waals surface area contributed by atoms with E-state index in [0.29, 0.717) is 0 Å². The SMILES string of the molecule is CCC1CCCN(CC2CCC3CCCCC3N2)CC1. The molecule has 4 atom stereocenters. The van der Waals surface area contributed by atoms with Crippen molar-refractivity contribution in [1.29, 1.82) is 0 Å². The first kappa shape index (κ1) is 14.8. The normalized spacial score (nSPS) is 40.0. The van der Waals surface area contributed by atoms with Crippen molar-refractivity contribution in [3.05, 3.63) is 0 Å². The van der Waals surface area contributed by atoms with Crippen molar-refractivity contribution in [2.24, 2.45) is 11.8 Å². The first-order valence-corrected chi connectivity index (χ1v) is 9.33. The molecule has 2 nitrogen and oxygen atoms in total. The van der Waals surface area contributed by atoms with Gasteiger partial charge < -0.3 is 10.2 Å². The van der Waals surface area contributed by atoms with Crippen molar-refractivity contribution in [1.82, 2.24) is 10.2 Å². The largest absolute Gasteiger partial charge is 0.310 e. The Bertz CT molecular complexity index is 291. The molecule has 2 heterocycles. The minimum atomic E-state index is 0.785. The molecule has 0 bridgehead atoms. The molecule has 116 valence electrons. The topological polar surface area (TPSA) is 15.3 Å². The molecule has 1 N–H and O–H groups in total. The summed E-state index contributed by atoms with van der Waals surface area (Å²) in [5.41, 5.74) is 0. The molecule has 3 rings (SSSR count). The van der Waals surface area contributed by atoms with Crippen molar-refractivity contribution in [3.8, 4) is 0 Å². The van der Waals surface area contributed by atoms with E-state index >= 15 is 0 Å². The average Bonchev–Trinajstić information content (AvgIpc) is 2.72. The summed E-state index contributed by atoms with van der Waals surface area (Å²) in [5.74, 6) is 2.01. The lowest BCUT2D eigenvalue weighted by atomic mass is 9.78. The number of hydrogen-bond donors (Lipinski definition) is 1. The number of piperidine rings is 1. The second-order valence-electron chi connectivity index (χ2n) is 7.60. The highest BCUT2D eigenvalue weighted by atomic mass is 15.2. The van der Waals surface area contributed by atoms with Crippen LogP contribution in [-0.4, -0.2) is 36.6 Å². The lowest BCUT2D eigenvalue weighted by molar-refractivity contribution is 0.144. The predicted octanol–water partition coefficient (Wildman–Crippen LogP) is 3.81. The maximum absolute atomic E-state index is 4.01. The third-order valence-corrected chi connectivity index (χ3v) is 6.24. The van der Waals surface area contributed by atoms with Gasteiger partial charge in [0, 0.05) is 18.6 Å². The molecule has 0 aromatic rings. The highest BCUT2D eigenvalue weighted by molar-refractivity contribution is 4.90. The zero-order valence-electron chi connectivity index (χ0n) is 13.4. The Balaban J connectivity index is 1.46. The highest BCUT2D eigenvalue weighted by Gasteiger charge is 2.32. The Labute approximate surface area is 125 Å². The van der Waals surface area contributed by atoms with E-state index in [9.17, 15) is 0 Å². The molecule has 20 heavy (non-hydrogen) atoms. The molecule has 3 aliphatic rings. The van der Waals surface area contributed by atoms with Crippen LogP contribution in [0.1, 0.15) is 71.1 Å². The number of fused-ring (bicyclic) bond motifs is 1. The molecule has 4 unspecified atom stereocenters. The molecule has 2 heteroatoms. The Hall–Kier alpha value is -0.0800. The van der Waals surface area contributed by atoms with Gasteiger partial charge in [-0.3, -0.25) is 0 Å². The van der Waals surface area contributed by atoms with Crippen LogP contribution in [0, 0.1) is 11.8 Å². The van der Waals surface area contributed by atoms with Gasteiger partial charge in [-0.1, -0.05) is 26.2 Å². The van der Waals surface area contributed by atoms with Gasteiger partial charge in [0.05, 0.1) is 0 Å². The van der Waals surface area contributed by atoms with Crippen LogP contribution >= 0.6 is 0 Å². The first-order chi connectivity index (χ1) is 9.85. The minimum Gasteiger partial charge on any atom is -0.310 e. The maximum atomic E-state index is 4.01. The molecule has 2 aliphatic heterocycles. The van der Waals surface area contributed by atoms with E-state index in [-0.39, 0.29) is 0 Å². The minimum absolute atomic E-state index is 0.785. The summed E-state index contributed by atoms with van der Waals surface area (Å²) >= 11 is 0. The fourth-order valence-electron chi connectivity index (χ4n) is 4.85. The Morgan fingerprint density at radius 1 is 0.900 bits per heavy atom. The molecule has 3 fully saturated rings. The molecule has 0 aromatic heterocycles. The van der Waals surface area contributed by atoms with Crippen molar-refractivity contribution < 1.29 is 0 Å². The number of hydrogen-bond acceptors (Lipinski definition) is 2. The molecule has 0 aromatic carbocycles. The molecule has 0 radical (unpaired) electrons. The van der Waals surface area contributed by atoms with Gasteiger partial charge in [0.15, 0.2) is 0 Å². The van der Waals surface area contributed by atoms with E-state index in [1.165, 1.54) is 83.8 Å². The summed E-state index contributed by atoms with van der Waals surface area (Å²) in [6.07, 6.45) is 14.5. The summed E-state index contributed by atoms with van der Waals surface area (Å²) in [6, 6.07) is 1.64. The fourth-order valence-corrected chi connectivity index (χ4v) is 4.85. The standard InChI is InChI=1S/C18H34N2/c1-2-15-6-5-12-20(13-11-15)14-17-10-9-16-7-3-4-8-18(16)19-17/h15-19H,2-14H2,1H3. The molecule has 2 saturated heterocycles. The molecule has 1 aliphatic carbocycles. The van der Waals surface area contributed by atoms with E-state index in [0.717, 1.165) is 23.9 Å². The van der Waals surface area contributed by atoms with E-state index in [1.807, 2.05) is 0 Å². The van der Waals surface area contributed by atoms with Gasteiger partial charge in [-0.05, 0) is 69.9 Å². The lowest BCUT2D eigenvalue weighted by Crippen LogP contribution is -2.53. The second-order valence-corrected chi connectivity index (χ2v) is 7.60. The van der Waals surface area contributed by atoms with Crippen LogP contribution in [0.2, 0.25) is 0 Å². The van der Waals surface area contributed by atoms with E-state index in [1.54, 1.807) is 0 Å². The zero-order valence-corrected chi connectivity index (χ0v) is 13.4. The predicted molar refractivity (Wildman–Crippen MR) is 86.0 cm³/mol. The monoisotopic (exact) mass is 278 g/mol. The number of rotatable bonds is 3. The third kappa shape index (κ3) is 3.76. The van der Waals surface area contributed by atoms with Crippen LogP contribution in [0.25, 0.3) is 0 Å². The van der Waals surface area contributed by atoms with Crippen LogP contribution in [-0.2, 0) is 0 Å². The molecule has 0 spiro atoms. The van der Waals surface area contributed by atoms with Gasteiger partial charge in [0.2, 0.25) is 0 Å². The quantitative estimate of drug-likeness (QED) is 0.844. The third-order valence-electron chi connectivity index (χ3n) is 6.24. The van der Waals surface area contributed by atoms with E-state index < -0.39 is 0 Å². The number of nitrogens with zero attached hydrogens (tertiary/aromatic N) is 1. The highest BCUT2D eigenvalue weighted by Crippen LogP contribution is 2.32. The number of likely N-dealkylation sites (tertiary alicyclic amines) is 1. The molecular weight excluding hydrogens is 244 g/mol. The summed E-state index contributed by atoms with van der Waals surface area (Å²) in [6.45, 7) is 6.39. The summed E-state index contributed by atoms with van der Waals surface area (Å²) in [7, 11) is 0. The van der Waals surface area contributed by atoms with Crippen LogP contribution in [0.3, 0.4) is 0 Å². The number of nitrogens with one attached hydrogen (secondary N) is 1. The van der Waals surface area contributed by atoms with Gasteiger partial charge in [-0.25, -0.2) is 0 Å². The smallest absolute Gasteiger partial charge is 0.0197 e. The van der Waals surface area contributed by atoms with E-state index in [2.05, 4.69) is 17.1 Å². The van der Waals surface area contributed by atoms with Gasteiger partial charge >= 0.3 is 0 Å². The van der Waals surface area contributed by atoms with Crippen molar-refractivity contribution in [3.63, 3.8) is 0 Å². The van der Waals surface area contributed by atoms with E-state index in [4.69, 9.17) is 0 Å². The summed E-state index contributed by atoms with van der Waals surface area (Å²) in [4.78, 5) is 2.76. The lowest BCUT2D eigenvalue weighted by Gasteiger charge is -2.42. The Morgan fingerprint density at radius 3 is 2.70 bits per heavy atom. The van der Waals surface area contributed by atoms with Crippen molar-refractivity contribution in [2.45, 2.75) is 83.2 Å². The Kier molecular flexibility index (Phi) is 5.39.